The Labute approximate surface area is 175 Å². The lowest BCUT2D eigenvalue weighted by Gasteiger charge is -2.32. The quantitative estimate of drug-likeness (QED) is 0.529. The van der Waals surface area contributed by atoms with E-state index in [1.54, 1.807) is 0 Å². The number of phenolic OH excluding ortho intramolecular Hbond substituents is 1. The van der Waals surface area contributed by atoms with E-state index < -0.39 is 28.9 Å². The Morgan fingerprint density at radius 3 is 2.81 bits per heavy atom. The SMILES string of the molecule is CCN1CCC[C@H](NCc2nnc(-c3c(O)cc(C(F)(F)F)cc3F)c3[nH]ncc23)C1. The first-order chi connectivity index (χ1) is 14.8. The number of rotatable bonds is 5. The third kappa shape index (κ3) is 4.33. The van der Waals surface area contributed by atoms with Crippen LogP contribution >= 0.6 is 0 Å². The van der Waals surface area contributed by atoms with Crippen molar-refractivity contribution in [3.63, 3.8) is 0 Å². The molecule has 1 aliphatic heterocycles. The molecule has 0 bridgehead atoms. The molecule has 0 saturated carbocycles. The number of alkyl halides is 3. The van der Waals surface area contributed by atoms with Crippen molar-refractivity contribution in [2.45, 2.75) is 38.5 Å². The van der Waals surface area contributed by atoms with Gasteiger partial charge in [0, 0.05) is 24.5 Å². The fourth-order valence-corrected chi connectivity index (χ4v) is 3.95. The Morgan fingerprint density at radius 2 is 2.10 bits per heavy atom. The summed E-state index contributed by atoms with van der Waals surface area (Å²) in [5.41, 5.74) is -0.975. The van der Waals surface area contributed by atoms with Crippen LogP contribution in [0.3, 0.4) is 0 Å². The van der Waals surface area contributed by atoms with Gasteiger partial charge in [-0.05, 0) is 38.1 Å². The van der Waals surface area contributed by atoms with Gasteiger partial charge in [-0.15, -0.1) is 5.10 Å². The number of nitrogens with zero attached hydrogens (tertiary/aromatic N) is 4. The normalized spacial score (nSPS) is 18.0. The average molecular weight is 438 g/mol. The van der Waals surface area contributed by atoms with Crippen LogP contribution in [0.25, 0.3) is 22.2 Å². The highest BCUT2D eigenvalue weighted by Gasteiger charge is 2.33. The number of phenols is 1. The predicted molar refractivity (Wildman–Crippen MR) is 106 cm³/mol. The second-order valence-corrected chi connectivity index (χ2v) is 7.62. The van der Waals surface area contributed by atoms with Crippen LogP contribution in [0.5, 0.6) is 5.75 Å². The maximum absolute atomic E-state index is 14.5. The van der Waals surface area contributed by atoms with Gasteiger partial charge < -0.3 is 15.3 Å². The molecule has 7 nitrogen and oxygen atoms in total. The topological polar surface area (TPSA) is 90.0 Å². The third-order valence-electron chi connectivity index (χ3n) is 5.60. The van der Waals surface area contributed by atoms with E-state index in [9.17, 15) is 22.7 Å². The third-order valence-corrected chi connectivity index (χ3v) is 5.60. The second-order valence-electron chi connectivity index (χ2n) is 7.62. The number of likely N-dealkylation sites (N-methyl/N-ethyl adjacent to an activating group) is 1. The molecule has 2 aromatic heterocycles. The van der Waals surface area contributed by atoms with Crippen molar-refractivity contribution < 1.29 is 22.7 Å². The van der Waals surface area contributed by atoms with Gasteiger partial charge in [0.2, 0.25) is 0 Å². The van der Waals surface area contributed by atoms with E-state index in [0.717, 1.165) is 32.5 Å². The largest absolute Gasteiger partial charge is 0.507 e. The number of H-pyrrole nitrogens is 1. The molecule has 1 aromatic carbocycles. The molecule has 4 rings (SSSR count). The van der Waals surface area contributed by atoms with Gasteiger partial charge in [0.05, 0.1) is 28.5 Å². The van der Waals surface area contributed by atoms with E-state index in [1.807, 2.05) is 0 Å². The lowest BCUT2D eigenvalue weighted by atomic mass is 10.0. The minimum atomic E-state index is -4.78. The summed E-state index contributed by atoms with van der Waals surface area (Å²) < 4.78 is 53.2. The van der Waals surface area contributed by atoms with Gasteiger partial charge in [-0.2, -0.15) is 23.4 Å². The summed E-state index contributed by atoms with van der Waals surface area (Å²) in [6.45, 7) is 5.53. The monoisotopic (exact) mass is 438 g/mol. The van der Waals surface area contributed by atoms with Crippen LogP contribution in [-0.4, -0.2) is 56.1 Å². The van der Waals surface area contributed by atoms with E-state index in [1.165, 1.54) is 6.20 Å². The number of piperidine rings is 1. The van der Waals surface area contributed by atoms with Crippen molar-refractivity contribution >= 4 is 10.9 Å². The number of likely N-dealkylation sites (tertiary alicyclic amines) is 1. The maximum atomic E-state index is 14.5. The number of halogens is 4. The molecular formula is C20H22F4N6O. The summed E-state index contributed by atoms with van der Waals surface area (Å²) in [6.07, 6.45) is -1.14. The van der Waals surface area contributed by atoms with Gasteiger partial charge in [-0.25, -0.2) is 4.39 Å². The number of hydrogen-bond donors (Lipinski definition) is 3. The highest BCUT2D eigenvalue weighted by atomic mass is 19.4. The molecular weight excluding hydrogens is 416 g/mol. The smallest absolute Gasteiger partial charge is 0.416 e. The summed E-state index contributed by atoms with van der Waals surface area (Å²) in [6, 6.07) is 1.10. The van der Waals surface area contributed by atoms with Gasteiger partial charge in [0.1, 0.15) is 17.3 Å². The molecule has 3 N–H and O–H groups in total. The number of benzene rings is 1. The van der Waals surface area contributed by atoms with E-state index in [-0.39, 0.29) is 5.69 Å². The zero-order chi connectivity index (χ0) is 22.2. The standard InChI is InChI=1S/C20H22F4N6O/c1-2-30-5-3-4-12(10-30)25-9-15-13-8-26-28-18(13)19(29-27-15)17-14(21)6-11(7-16(17)31)20(22,23)24/h6-8,12,25,31H,2-5,9-10H2,1H3,(H,26,28)/t12-/m0/s1. The first kappa shape index (κ1) is 21.4. The molecule has 1 fully saturated rings. The van der Waals surface area contributed by atoms with Crippen LogP contribution in [0.15, 0.2) is 18.3 Å². The van der Waals surface area contributed by atoms with Crippen molar-refractivity contribution in [1.29, 1.82) is 0 Å². The first-order valence-corrected chi connectivity index (χ1v) is 10.0. The van der Waals surface area contributed by atoms with Crippen LogP contribution in [0.2, 0.25) is 0 Å². The number of fused-ring (bicyclic) bond motifs is 1. The molecule has 0 spiro atoms. The minimum Gasteiger partial charge on any atom is -0.507 e. The summed E-state index contributed by atoms with van der Waals surface area (Å²) in [4.78, 5) is 2.36. The molecule has 0 radical (unpaired) electrons. The summed E-state index contributed by atoms with van der Waals surface area (Å²) in [7, 11) is 0. The van der Waals surface area contributed by atoms with Crippen molar-refractivity contribution in [1.82, 2.24) is 30.6 Å². The lowest BCUT2D eigenvalue weighted by molar-refractivity contribution is -0.137. The minimum absolute atomic E-state index is 0.102. The highest BCUT2D eigenvalue weighted by Crippen LogP contribution is 2.39. The molecule has 1 saturated heterocycles. The number of hydrogen-bond acceptors (Lipinski definition) is 6. The van der Waals surface area contributed by atoms with Crippen molar-refractivity contribution in [3.8, 4) is 17.0 Å². The molecule has 11 heteroatoms. The molecule has 0 aliphatic carbocycles. The number of aromatic nitrogens is 4. The first-order valence-electron chi connectivity index (χ1n) is 10.0. The van der Waals surface area contributed by atoms with Gasteiger partial charge >= 0.3 is 6.18 Å². The van der Waals surface area contributed by atoms with Crippen LogP contribution in [0.4, 0.5) is 17.6 Å². The van der Waals surface area contributed by atoms with Crippen LogP contribution in [0, 0.1) is 5.82 Å². The van der Waals surface area contributed by atoms with Crippen molar-refractivity contribution in [2.24, 2.45) is 0 Å². The van der Waals surface area contributed by atoms with Crippen LogP contribution in [-0.2, 0) is 12.7 Å². The Balaban J connectivity index is 1.63. The fourth-order valence-electron chi connectivity index (χ4n) is 3.95. The van der Waals surface area contributed by atoms with Crippen molar-refractivity contribution in [3.05, 3.63) is 35.4 Å². The van der Waals surface area contributed by atoms with Gasteiger partial charge in [0.15, 0.2) is 0 Å². The van der Waals surface area contributed by atoms with E-state index >= 15 is 0 Å². The lowest BCUT2D eigenvalue weighted by Crippen LogP contribution is -2.45. The summed E-state index contributed by atoms with van der Waals surface area (Å²) >= 11 is 0. The Bertz CT molecular complexity index is 1060. The summed E-state index contributed by atoms with van der Waals surface area (Å²) in [5.74, 6) is -2.12. The molecule has 1 atom stereocenters. The molecule has 31 heavy (non-hydrogen) atoms. The molecule has 166 valence electrons. The van der Waals surface area contributed by atoms with Crippen molar-refractivity contribution in [2.75, 3.05) is 19.6 Å². The zero-order valence-electron chi connectivity index (χ0n) is 16.8. The maximum Gasteiger partial charge on any atom is 0.416 e. The Hall–Kier alpha value is -2.79. The molecule has 3 heterocycles. The van der Waals surface area contributed by atoms with Gasteiger partial charge in [-0.1, -0.05) is 6.92 Å². The Kier molecular flexibility index (Phi) is 5.80. The molecule has 3 aromatic rings. The highest BCUT2D eigenvalue weighted by molar-refractivity contribution is 5.93. The average Bonchev–Trinajstić information content (AvgIpc) is 3.22. The fraction of sp³-hybridized carbons (Fsp3) is 0.450. The molecule has 1 aliphatic rings. The number of aromatic hydroxyl groups is 1. The summed E-state index contributed by atoms with van der Waals surface area (Å²) in [5, 5.41) is 28.9. The predicted octanol–water partition coefficient (Wildman–Crippen LogP) is 3.46. The van der Waals surface area contributed by atoms with Gasteiger partial charge in [-0.3, -0.25) is 5.10 Å². The van der Waals surface area contributed by atoms with Crippen LogP contribution in [0.1, 0.15) is 31.0 Å². The number of nitrogens with one attached hydrogen (secondary N) is 2. The van der Waals surface area contributed by atoms with Crippen LogP contribution < -0.4 is 5.32 Å². The zero-order valence-corrected chi connectivity index (χ0v) is 16.8. The molecule has 0 amide bonds. The number of aromatic amines is 1. The van der Waals surface area contributed by atoms with E-state index in [0.29, 0.717) is 41.3 Å². The molecule has 0 unspecified atom stereocenters. The Morgan fingerprint density at radius 1 is 1.29 bits per heavy atom. The second kappa shape index (κ2) is 8.39. The van der Waals surface area contributed by atoms with Gasteiger partial charge in [0.25, 0.3) is 0 Å². The van der Waals surface area contributed by atoms with E-state index in [2.05, 4.69) is 37.5 Å². The van der Waals surface area contributed by atoms with E-state index in [4.69, 9.17) is 0 Å².